The summed E-state index contributed by atoms with van der Waals surface area (Å²) in [7, 11) is 1.68. The van der Waals surface area contributed by atoms with Gasteiger partial charge in [0.25, 0.3) is 0 Å². The quantitative estimate of drug-likeness (QED) is 0.672. The van der Waals surface area contributed by atoms with Crippen molar-refractivity contribution in [3.05, 3.63) is 11.7 Å². The second-order valence-electron chi connectivity index (χ2n) is 9.53. The van der Waals surface area contributed by atoms with Gasteiger partial charge in [-0.1, -0.05) is 24.4 Å². The molecule has 30 heavy (non-hydrogen) atoms. The highest BCUT2D eigenvalue weighted by atomic mass is 16.5. The van der Waals surface area contributed by atoms with Gasteiger partial charge in [0.05, 0.1) is 12.2 Å². The number of hydrogen-bond acceptors (Lipinski definition) is 6. The molecule has 1 atom stereocenters. The Balaban J connectivity index is 1.25. The number of likely N-dealkylation sites (tertiary alicyclic amines) is 1. The van der Waals surface area contributed by atoms with E-state index in [9.17, 15) is 4.79 Å². The molecule has 1 unspecified atom stereocenters. The van der Waals surface area contributed by atoms with E-state index in [1.54, 1.807) is 7.11 Å². The molecule has 0 aromatic carbocycles. The van der Waals surface area contributed by atoms with Crippen LogP contribution in [-0.2, 0) is 27.1 Å². The Labute approximate surface area is 179 Å². The van der Waals surface area contributed by atoms with E-state index >= 15 is 0 Å². The number of carbonyl (C=O) groups excluding carboxylic acids is 1. The summed E-state index contributed by atoms with van der Waals surface area (Å²) >= 11 is 0. The first-order valence-corrected chi connectivity index (χ1v) is 11.9. The first-order valence-electron chi connectivity index (χ1n) is 11.9. The Morgan fingerprint density at radius 3 is 2.73 bits per heavy atom. The first-order chi connectivity index (χ1) is 14.7. The number of carbonyl (C=O) groups is 1. The molecular formula is C23H37N3O4. The van der Waals surface area contributed by atoms with Crippen molar-refractivity contribution >= 4 is 5.91 Å². The summed E-state index contributed by atoms with van der Waals surface area (Å²) in [6.45, 7) is 3.06. The van der Waals surface area contributed by atoms with Crippen molar-refractivity contribution in [2.45, 2.75) is 82.7 Å². The molecule has 0 bridgehead atoms. The lowest BCUT2D eigenvalue weighted by Crippen LogP contribution is -2.51. The number of rotatable bonds is 7. The topological polar surface area (TPSA) is 77.7 Å². The summed E-state index contributed by atoms with van der Waals surface area (Å²) in [5.74, 6) is 2.92. The third-order valence-corrected chi connectivity index (χ3v) is 7.31. The van der Waals surface area contributed by atoms with Gasteiger partial charge in [-0.2, -0.15) is 4.98 Å². The largest absolute Gasteiger partial charge is 0.384 e. The fourth-order valence-corrected chi connectivity index (χ4v) is 5.50. The van der Waals surface area contributed by atoms with E-state index in [0.717, 1.165) is 69.9 Å². The van der Waals surface area contributed by atoms with Crippen LogP contribution in [-0.4, -0.2) is 60.0 Å². The normalized spacial score (nSPS) is 25.0. The first kappa shape index (κ1) is 21.8. The highest BCUT2D eigenvalue weighted by Gasteiger charge is 2.41. The maximum atomic E-state index is 12.8. The van der Waals surface area contributed by atoms with Crippen molar-refractivity contribution < 1.29 is 18.8 Å². The van der Waals surface area contributed by atoms with E-state index in [1.165, 1.54) is 32.1 Å². The molecule has 2 aliphatic heterocycles. The van der Waals surface area contributed by atoms with Crippen molar-refractivity contribution in [3.63, 3.8) is 0 Å². The zero-order chi connectivity index (χ0) is 20.8. The second-order valence-corrected chi connectivity index (χ2v) is 9.53. The van der Waals surface area contributed by atoms with Crippen LogP contribution in [0.5, 0.6) is 0 Å². The zero-order valence-corrected chi connectivity index (χ0v) is 18.4. The molecule has 3 heterocycles. The minimum Gasteiger partial charge on any atom is -0.384 e. The third-order valence-electron chi connectivity index (χ3n) is 7.31. The van der Waals surface area contributed by atoms with Crippen molar-refractivity contribution in [1.82, 2.24) is 15.0 Å². The molecule has 3 aliphatic rings. The summed E-state index contributed by atoms with van der Waals surface area (Å²) in [6, 6.07) is 0. The molecule has 1 aromatic rings. The zero-order valence-electron chi connectivity index (χ0n) is 18.4. The van der Waals surface area contributed by atoms with Gasteiger partial charge in [-0.15, -0.1) is 0 Å². The fourth-order valence-electron chi connectivity index (χ4n) is 5.50. The summed E-state index contributed by atoms with van der Waals surface area (Å²) < 4.78 is 16.8. The van der Waals surface area contributed by atoms with E-state index in [0.29, 0.717) is 30.8 Å². The van der Waals surface area contributed by atoms with Crippen LogP contribution < -0.4 is 0 Å². The molecule has 1 aromatic heterocycles. The van der Waals surface area contributed by atoms with Gasteiger partial charge in [0.15, 0.2) is 5.82 Å². The highest BCUT2D eigenvalue weighted by molar-refractivity contribution is 5.76. The van der Waals surface area contributed by atoms with Gasteiger partial charge in [0, 0.05) is 46.1 Å². The van der Waals surface area contributed by atoms with Gasteiger partial charge in [0.1, 0.15) is 0 Å². The lowest BCUT2D eigenvalue weighted by molar-refractivity contribution is -0.148. The Bertz CT molecular complexity index is 678. The van der Waals surface area contributed by atoms with Gasteiger partial charge >= 0.3 is 0 Å². The summed E-state index contributed by atoms with van der Waals surface area (Å²) in [6.07, 6.45) is 12.6. The maximum Gasteiger partial charge on any atom is 0.226 e. The number of methoxy groups -OCH3 is 1. The lowest BCUT2D eigenvalue weighted by atomic mass is 9.78. The Morgan fingerprint density at radius 1 is 1.17 bits per heavy atom. The van der Waals surface area contributed by atoms with Crippen LogP contribution in [0.3, 0.4) is 0 Å². The van der Waals surface area contributed by atoms with Crippen LogP contribution in [0.4, 0.5) is 0 Å². The Hall–Kier alpha value is -1.47. The number of aromatic nitrogens is 2. The van der Waals surface area contributed by atoms with Gasteiger partial charge in [0.2, 0.25) is 11.8 Å². The summed E-state index contributed by atoms with van der Waals surface area (Å²) in [5.41, 5.74) is -0.0799. The Kier molecular flexibility index (Phi) is 7.41. The van der Waals surface area contributed by atoms with Crippen LogP contribution in [0.15, 0.2) is 4.52 Å². The van der Waals surface area contributed by atoms with Crippen LogP contribution in [0, 0.1) is 11.8 Å². The third kappa shape index (κ3) is 5.61. The minimum absolute atomic E-state index is 0.0799. The predicted octanol–water partition coefficient (Wildman–Crippen LogP) is 3.56. The average Bonchev–Trinajstić information content (AvgIpc) is 3.21. The van der Waals surface area contributed by atoms with E-state index in [2.05, 4.69) is 15.0 Å². The molecule has 1 spiro atoms. The van der Waals surface area contributed by atoms with Crippen molar-refractivity contribution in [2.24, 2.45) is 11.8 Å². The van der Waals surface area contributed by atoms with Gasteiger partial charge < -0.3 is 18.9 Å². The molecule has 1 saturated carbocycles. The average molecular weight is 420 g/mol. The fraction of sp³-hybridized carbons (Fsp3) is 0.870. The van der Waals surface area contributed by atoms with E-state index in [1.807, 2.05) is 0 Å². The number of piperidine rings is 1. The number of amides is 1. The van der Waals surface area contributed by atoms with Crippen molar-refractivity contribution in [3.8, 4) is 0 Å². The van der Waals surface area contributed by atoms with Crippen LogP contribution in [0.1, 0.15) is 75.9 Å². The predicted molar refractivity (Wildman–Crippen MR) is 112 cm³/mol. The molecule has 4 rings (SSSR count). The molecular weight excluding hydrogens is 382 g/mol. The van der Waals surface area contributed by atoms with Crippen molar-refractivity contribution in [1.29, 1.82) is 0 Å². The van der Waals surface area contributed by atoms with E-state index in [-0.39, 0.29) is 5.60 Å². The minimum atomic E-state index is -0.0799. The highest BCUT2D eigenvalue weighted by Crippen LogP contribution is 2.39. The monoisotopic (exact) mass is 419 g/mol. The lowest BCUT2D eigenvalue weighted by Gasteiger charge is -2.46. The Morgan fingerprint density at radius 2 is 1.97 bits per heavy atom. The standard InChI is InChI=1S/C23H37N3O4/c1-28-13-8-20-24-21(30-25-20)15-19-7-14-29-23(17-19)9-11-26(12-10-23)22(27)16-18-5-3-2-4-6-18/h18-19H,2-17H2,1H3. The smallest absolute Gasteiger partial charge is 0.226 e. The van der Waals surface area contributed by atoms with Gasteiger partial charge in [-0.3, -0.25) is 4.79 Å². The van der Waals surface area contributed by atoms with Crippen LogP contribution in [0.2, 0.25) is 0 Å². The maximum absolute atomic E-state index is 12.8. The van der Waals surface area contributed by atoms with E-state index < -0.39 is 0 Å². The SMILES string of the molecule is COCCc1noc(CC2CCOC3(CCN(C(=O)CC4CCCCC4)CC3)C2)n1. The summed E-state index contributed by atoms with van der Waals surface area (Å²) in [5, 5.41) is 4.06. The number of ether oxygens (including phenoxy) is 2. The van der Waals surface area contributed by atoms with Gasteiger partial charge in [-0.25, -0.2) is 0 Å². The second kappa shape index (κ2) is 10.2. The number of nitrogens with zero attached hydrogens (tertiary/aromatic N) is 3. The molecule has 3 fully saturated rings. The van der Waals surface area contributed by atoms with Crippen LogP contribution >= 0.6 is 0 Å². The number of hydrogen-bond donors (Lipinski definition) is 0. The van der Waals surface area contributed by atoms with Crippen LogP contribution in [0.25, 0.3) is 0 Å². The molecule has 168 valence electrons. The molecule has 7 heteroatoms. The summed E-state index contributed by atoms with van der Waals surface area (Å²) in [4.78, 5) is 19.4. The molecule has 0 N–H and O–H groups in total. The molecule has 2 saturated heterocycles. The van der Waals surface area contributed by atoms with E-state index in [4.69, 9.17) is 14.0 Å². The molecule has 7 nitrogen and oxygen atoms in total. The molecule has 0 radical (unpaired) electrons. The van der Waals surface area contributed by atoms with Gasteiger partial charge in [-0.05, 0) is 50.4 Å². The molecule has 1 aliphatic carbocycles. The molecule has 1 amide bonds. The van der Waals surface area contributed by atoms with Crippen molar-refractivity contribution in [2.75, 3.05) is 33.4 Å².